The van der Waals surface area contributed by atoms with E-state index in [0.29, 0.717) is 18.9 Å². The molecule has 0 aromatic heterocycles. The Kier molecular flexibility index (Phi) is 6.78. The fourth-order valence-corrected chi connectivity index (χ4v) is 2.50. The van der Waals surface area contributed by atoms with E-state index in [1.165, 1.54) is 0 Å². The minimum Gasteiger partial charge on any atom is -0.480 e. The number of carboxylic acids is 1. The normalized spacial score (nSPS) is 23.6. The first-order valence-corrected chi connectivity index (χ1v) is 7.32. The molecule has 6 heteroatoms. The van der Waals surface area contributed by atoms with Gasteiger partial charge in [-0.25, -0.2) is 9.59 Å². The second kappa shape index (κ2) is 8.09. The van der Waals surface area contributed by atoms with Crippen LogP contribution in [0.5, 0.6) is 0 Å². The molecule has 3 N–H and O–H groups in total. The van der Waals surface area contributed by atoms with E-state index < -0.39 is 18.0 Å². The SMILES string of the molecule is CCC1OCCC1CNC(=O)NC(CC(C)C)C(=O)O. The van der Waals surface area contributed by atoms with Gasteiger partial charge < -0.3 is 20.5 Å². The number of carbonyl (C=O) groups excluding carboxylic acids is 1. The van der Waals surface area contributed by atoms with Gasteiger partial charge in [0.2, 0.25) is 0 Å². The number of urea groups is 1. The smallest absolute Gasteiger partial charge is 0.326 e. The molecule has 2 amide bonds. The van der Waals surface area contributed by atoms with Crippen LogP contribution in [0.4, 0.5) is 4.79 Å². The van der Waals surface area contributed by atoms with Crippen LogP contribution in [0, 0.1) is 11.8 Å². The third-order valence-electron chi connectivity index (χ3n) is 3.58. The molecule has 1 fully saturated rings. The first-order chi connectivity index (χ1) is 9.43. The maximum absolute atomic E-state index is 11.8. The van der Waals surface area contributed by atoms with Crippen molar-refractivity contribution < 1.29 is 19.4 Å². The van der Waals surface area contributed by atoms with E-state index in [1.54, 1.807) is 0 Å². The van der Waals surface area contributed by atoms with Crippen molar-refractivity contribution in [1.29, 1.82) is 0 Å². The quantitative estimate of drug-likeness (QED) is 0.663. The van der Waals surface area contributed by atoms with Gasteiger partial charge in [0.1, 0.15) is 6.04 Å². The van der Waals surface area contributed by atoms with E-state index in [-0.39, 0.29) is 12.0 Å². The molecule has 0 radical (unpaired) electrons. The average molecular weight is 286 g/mol. The molecule has 3 unspecified atom stereocenters. The molecule has 0 saturated carbocycles. The summed E-state index contributed by atoms with van der Waals surface area (Å²) in [5, 5.41) is 14.3. The van der Waals surface area contributed by atoms with Crippen molar-refractivity contribution in [3.8, 4) is 0 Å². The number of nitrogens with one attached hydrogen (secondary N) is 2. The molecular formula is C14H26N2O4. The standard InChI is InChI=1S/C14H26N2O4/c1-4-12-10(5-6-20-12)8-15-14(19)16-11(13(17)18)7-9(2)3/h9-12H,4-8H2,1-3H3,(H,17,18)(H2,15,16,19). The van der Waals surface area contributed by atoms with Gasteiger partial charge in [-0.1, -0.05) is 20.8 Å². The summed E-state index contributed by atoms with van der Waals surface area (Å²) < 4.78 is 5.55. The Labute approximate surface area is 120 Å². The Bertz CT molecular complexity index is 333. The van der Waals surface area contributed by atoms with Gasteiger partial charge >= 0.3 is 12.0 Å². The molecule has 1 rings (SSSR count). The zero-order valence-corrected chi connectivity index (χ0v) is 12.5. The number of carboxylic acid groups (broad SMARTS) is 1. The van der Waals surface area contributed by atoms with Gasteiger partial charge in [-0.05, 0) is 25.2 Å². The predicted molar refractivity (Wildman–Crippen MR) is 75.6 cm³/mol. The fourth-order valence-electron chi connectivity index (χ4n) is 2.50. The Balaban J connectivity index is 2.36. The lowest BCUT2D eigenvalue weighted by Crippen LogP contribution is -2.48. The lowest BCUT2D eigenvalue weighted by Gasteiger charge is -2.20. The maximum atomic E-state index is 11.8. The topological polar surface area (TPSA) is 87.7 Å². The summed E-state index contributed by atoms with van der Waals surface area (Å²) in [5.74, 6) is -0.465. The van der Waals surface area contributed by atoms with E-state index in [1.807, 2.05) is 13.8 Å². The van der Waals surface area contributed by atoms with E-state index >= 15 is 0 Å². The fraction of sp³-hybridized carbons (Fsp3) is 0.857. The number of hydrogen-bond donors (Lipinski definition) is 3. The van der Waals surface area contributed by atoms with Gasteiger partial charge in [-0.3, -0.25) is 0 Å². The Morgan fingerprint density at radius 2 is 2.10 bits per heavy atom. The second-order valence-electron chi connectivity index (χ2n) is 5.74. The molecule has 3 atom stereocenters. The molecule has 0 aromatic carbocycles. The molecule has 116 valence electrons. The largest absolute Gasteiger partial charge is 0.480 e. The van der Waals surface area contributed by atoms with Gasteiger partial charge in [0, 0.05) is 19.1 Å². The molecule has 0 aromatic rings. The number of carbonyl (C=O) groups is 2. The maximum Gasteiger partial charge on any atom is 0.326 e. The Morgan fingerprint density at radius 3 is 2.65 bits per heavy atom. The first kappa shape index (κ1) is 16.8. The monoisotopic (exact) mass is 286 g/mol. The van der Waals surface area contributed by atoms with E-state index in [9.17, 15) is 9.59 Å². The van der Waals surface area contributed by atoms with Crippen molar-refractivity contribution in [1.82, 2.24) is 10.6 Å². The summed E-state index contributed by atoms with van der Waals surface area (Å²) in [6.07, 6.45) is 2.49. The van der Waals surface area contributed by atoms with E-state index in [2.05, 4.69) is 17.6 Å². The van der Waals surface area contributed by atoms with Crippen LogP contribution in [-0.2, 0) is 9.53 Å². The summed E-state index contributed by atoms with van der Waals surface area (Å²) in [6, 6.07) is -1.25. The second-order valence-corrected chi connectivity index (χ2v) is 5.74. The van der Waals surface area contributed by atoms with Crippen LogP contribution < -0.4 is 10.6 Å². The number of ether oxygens (including phenoxy) is 1. The van der Waals surface area contributed by atoms with Crippen LogP contribution in [0.15, 0.2) is 0 Å². The van der Waals surface area contributed by atoms with Crippen LogP contribution in [0.3, 0.4) is 0 Å². The van der Waals surface area contributed by atoms with Crippen LogP contribution >= 0.6 is 0 Å². The molecule has 1 aliphatic heterocycles. The zero-order chi connectivity index (χ0) is 15.1. The van der Waals surface area contributed by atoms with Crippen molar-refractivity contribution in [3.05, 3.63) is 0 Å². The summed E-state index contributed by atoms with van der Waals surface area (Å²) in [4.78, 5) is 22.8. The highest BCUT2D eigenvalue weighted by molar-refractivity contribution is 5.82. The molecule has 1 saturated heterocycles. The summed E-state index contributed by atoms with van der Waals surface area (Å²) in [6.45, 7) is 7.18. The van der Waals surface area contributed by atoms with Gasteiger partial charge in [0.15, 0.2) is 0 Å². The van der Waals surface area contributed by atoms with Crippen molar-refractivity contribution in [2.45, 2.75) is 52.2 Å². The highest BCUT2D eigenvalue weighted by Gasteiger charge is 2.27. The van der Waals surface area contributed by atoms with Crippen molar-refractivity contribution in [2.75, 3.05) is 13.2 Å². The average Bonchev–Trinajstić information content (AvgIpc) is 2.82. The molecule has 0 bridgehead atoms. The van der Waals surface area contributed by atoms with E-state index in [0.717, 1.165) is 19.4 Å². The minimum atomic E-state index is -0.996. The minimum absolute atomic E-state index is 0.196. The highest BCUT2D eigenvalue weighted by atomic mass is 16.5. The summed E-state index contributed by atoms with van der Waals surface area (Å²) in [5.41, 5.74) is 0. The number of hydrogen-bond acceptors (Lipinski definition) is 3. The molecule has 20 heavy (non-hydrogen) atoms. The highest BCUT2D eigenvalue weighted by Crippen LogP contribution is 2.22. The molecule has 1 heterocycles. The van der Waals surface area contributed by atoms with Crippen molar-refractivity contribution in [2.24, 2.45) is 11.8 Å². The summed E-state index contributed by atoms with van der Waals surface area (Å²) >= 11 is 0. The van der Waals surface area contributed by atoms with Gasteiger partial charge in [-0.2, -0.15) is 0 Å². The van der Waals surface area contributed by atoms with Gasteiger partial charge in [-0.15, -0.1) is 0 Å². The lowest BCUT2D eigenvalue weighted by atomic mass is 10.00. The van der Waals surface area contributed by atoms with E-state index in [4.69, 9.17) is 9.84 Å². The van der Waals surface area contributed by atoms with Gasteiger partial charge in [0.05, 0.1) is 6.10 Å². The molecule has 0 spiro atoms. The zero-order valence-electron chi connectivity index (χ0n) is 12.5. The first-order valence-electron chi connectivity index (χ1n) is 7.32. The summed E-state index contributed by atoms with van der Waals surface area (Å²) in [7, 11) is 0. The molecule has 0 aliphatic carbocycles. The van der Waals surface area contributed by atoms with Crippen LogP contribution in [0.1, 0.15) is 40.0 Å². The predicted octanol–water partition coefficient (Wildman–Crippen LogP) is 1.60. The van der Waals surface area contributed by atoms with Crippen LogP contribution in [0.2, 0.25) is 0 Å². The third kappa shape index (κ3) is 5.36. The Morgan fingerprint density at radius 1 is 1.40 bits per heavy atom. The number of aliphatic carboxylic acids is 1. The van der Waals surface area contributed by atoms with Crippen LogP contribution in [0.25, 0.3) is 0 Å². The lowest BCUT2D eigenvalue weighted by molar-refractivity contribution is -0.139. The Hall–Kier alpha value is -1.30. The van der Waals surface area contributed by atoms with Crippen LogP contribution in [-0.4, -0.2) is 42.4 Å². The van der Waals surface area contributed by atoms with Gasteiger partial charge in [0.25, 0.3) is 0 Å². The van der Waals surface area contributed by atoms with Crippen molar-refractivity contribution >= 4 is 12.0 Å². The number of rotatable bonds is 7. The number of amides is 2. The molecular weight excluding hydrogens is 260 g/mol. The van der Waals surface area contributed by atoms with Crippen molar-refractivity contribution in [3.63, 3.8) is 0 Å². The molecule has 1 aliphatic rings. The third-order valence-corrected chi connectivity index (χ3v) is 3.58. The molecule has 6 nitrogen and oxygen atoms in total.